The molecule has 0 spiro atoms. The number of carbonyl (C=O) groups is 3. The molecule has 3 N–H and O–H groups in total. The molecule has 1 aliphatic rings. The molecule has 0 saturated heterocycles. The minimum atomic E-state index is -0.526. The van der Waals surface area contributed by atoms with Crippen LogP contribution < -0.4 is 11.1 Å². The van der Waals surface area contributed by atoms with Crippen molar-refractivity contribution in [2.45, 2.75) is 33.6 Å². The summed E-state index contributed by atoms with van der Waals surface area (Å²) in [6.45, 7) is 5.72. The van der Waals surface area contributed by atoms with Crippen LogP contribution in [0.1, 0.15) is 43.1 Å². The van der Waals surface area contributed by atoms with Gasteiger partial charge in [-0.05, 0) is 18.1 Å². The van der Waals surface area contributed by atoms with Crippen LogP contribution in [-0.2, 0) is 16.0 Å². The maximum absolute atomic E-state index is 11.5. The minimum Gasteiger partial charge on any atom is -0.370 e. The zero-order valence-electron chi connectivity index (χ0n) is 12.5. The van der Waals surface area contributed by atoms with Crippen LogP contribution in [0.15, 0.2) is 18.2 Å². The van der Waals surface area contributed by atoms with Crippen LogP contribution in [0, 0.1) is 0 Å². The van der Waals surface area contributed by atoms with Crippen molar-refractivity contribution >= 4 is 39.2 Å². The summed E-state index contributed by atoms with van der Waals surface area (Å²) in [6, 6.07) is 5.46. The average molecular weight is 357 g/mol. The molecular weight excluding hydrogens is 336 g/mol. The van der Waals surface area contributed by atoms with Gasteiger partial charge in [-0.15, -0.1) is 0 Å². The number of halogens is 1. The molecule has 0 bridgehead atoms. The highest BCUT2D eigenvalue weighted by molar-refractivity contribution is 9.09. The molecule has 0 aromatic heterocycles. The number of rotatable bonds is 3. The molecule has 0 atom stereocenters. The van der Waals surface area contributed by atoms with Crippen LogP contribution in [0.3, 0.4) is 0 Å². The molecule has 0 unspecified atom stereocenters. The van der Waals surface area contributed by atoms with Crippen molar-refractivity contribution in [3.63, 3.8) is 0 Å². The lowest BCUT2D eigenvalue weighted by Crippen LogP contribution is -2.13. The van der Waals surface area contributed by atoms with Crippen molar-refractivity contribution < 1.29 is 14.4 Å². The Morgan fingerprint density at radius 3 is 2.33 bits per heavy atom. The van der Waals surface area contributed by atoms with E-state index in [1.54, 1.807) is 13.0 Å². The van der Waals surface area contributed by atoms with Gasteiger partial charge in [-0.1, -0.05) is 48.8 Å². The fourth-order valence-electron chi connectivity index (χ4n) is 1.58. The van der Waals surface area contributed by atoms with Crippen LogP contribution in [0.25, 0.3) is 0 Å². The summed E-state index contributed by atoms with van der Waals surface area (Å²) < 4.78 is 0. The van der Waals surface area contributed by atoms with Gasteiger partial charge in [0.25, 0.3) is 11.7 Å². The van der Waals surface area contributed by atoms with Gasteiger partial charge < -0.3 is 11.1 Å². The molecule has 6 heteroatoms. The van der Waals surface area contributed by atoms with Gasteiger partial charge in [-0.3, -0.25) is 14.4 Å². The number of hydrogen-bond donors (Lipinski definition) is 2. The Morgan fingerprint density at radius 1 is 1.29 bits per heavy atom. The summed E-state index contributed by atoms with van der Waals surface area (Å²) in [6.07, 6.45) is 1.20. The Labute approximate surface area is 133 Å². The third-order valence-electron chi connectivity index (χ3n) is 2.54. The molecule has 1 aromatic carbocycles. The van der Waals surface area contributed by atoms with E-state index in [-0.39, 0.29) is 5.91 Å². The van der Waals surface area contributed by atoms with Gasteiger partial charge in [0.05, 0.1) is 11.3 Å². The summed E-state index contributed by atoms with van der Waals surface area (Å²) >= 11 is 3.31. The number of carbonyl (C=O) groups excluding carboxylic acids is 3. The van der Waals surface area contributed by atoms with E-state index in [0.717, 1.165) is 17.3 Å². The first-order valence-electron chi connectivity index (χ1n) is 6.83. The molecule has 5 nitrogen and oxygen atoms in total. The van der Waals surface area contributed by atoms with Crippen LogP contribution in [0.2, 0.25) is 0 Å². The van der Waals surface area contributed by atoms with Crippen LogP contribution in [-0.4, -0.2) is 22.9 Å². The highest BCUT2D eigenvalue weighted by atomic mass is 79.9. The molecule has 21 heavy (non-hydrogen) atoms. The van der Waals surface area contributed by atoms with Crippen molar-refractivity contribution in [3.05, 3.63) is 29.3 Å². The van der Waals surface area contributed by atoms with Crippen molar-refractivity contribution in [1.29, 1.82) is 0 Å². The number of ketones is 1. The van der Waals surface area contributed by atoms with E-state index in [4.69, 9.17) is 0 Å². The second-order valence-corrected chi connectivity index (χ2v) is 4.67. The molecule has 0 saturated carbocycles. The standard InChI is InChI=1S/C10H8BrNO2.C3H7NO.C2H6/c11-5-4-6-2-1-3-7-8(6)9(13)10(14)12-7;1-2-3(4)5;1-2/h1-3H,4-5H2,(H,12,13,14);2H2,1H3,(H2,4,5);1-2H3. The van der Waals surface area contributed by atoms with E-state index in [9.17, 15) is 14.4 Å². The first-order chi connectivity index (χ1) is 10.0. The largest absolute Gasteiger partial charge is 0.370 e. The SMILES string of the molecule is CC.CCC(N)=O.O=C1Nc2cccc(CCBr)c2C1=O. The van der Waals surface area contributed by atoms with E-state index in [2.05, 4.69) is 27.0 Å². The lowest BCUT2D eigenvalue weighted by atomic mass is 10.0. The van der Waals surface area contributed by atoms with Gasteiger partial charge >= 0.3 is 0 Å². The van der Waals surface area contributed by atoms with Crippen LogP contribution in [0.4, 0.5) is 5.69 Å². The van der Waals surface area contributed by atoms with Gasteiger partial charge in [-0.25, -0.2) is 0 Å². The first kappa shape index (κ1) is 19.3. The summed E-state index contributed by atoms with van der Waals surface area (Å²) in [5, 5.41) is 3.32. The van der Waals surface area contributed by atoms with Gasteiger partial charge in [0.15, 0.2) is 0 Å². The first-order valence-corrected chi connectivity index (χ1v) is 7.95. The molecule has 1 heterocycles. The molecule has 116 valence electrons. The Balaban J connectivity index is 0.000000489. The van der Waals surface area contributed by atoms with Gasteiger partial charge in [0.2, 0.25) is 5.91 Å². The van der Waals surface area contributed by atoms with E-state index in [1.807, 2.05) is 26.0 Å². The number of nitrogens with two attached hydrogens (primary N) is 1. The topological polar surface area (TPSA) is 89.3 Å². The number of Topliss-reactive ketones (excluding diaryl/α,β-unsaturated/α-hetero) is 1. The number of hydrogen-bond acceptors (Lipinski definition) is 3. The number of anilines is 1. The Bertz CT molecular complexity index is 516. The summed E-state index contributed by atoms with van der Waals surface area (Å²) in [7, 11) is 0. The molecular formula is C15H21BrN2O3. The van der Waals surface area contributed by atoms with Gasteiger partial charge in [0.1, 0.15) is 0 Å². The predicted molar refractivity (Wildman–Crippen MR) is 87.7 cm³/mol. The number of primary amides is 1. The molecule has 0 radical (unpaired) electrons. The maximum Gasteiger partial charge on any atom is 0.296 e. The third kappa shape index (κ3) is 5.67. The zero-order valence-corrected chi connectivity index (χ0v) is 14.1. The molecule has 0 fully saturated rings. The Hall–Kier alpha value is -1.69. The number of nitrogens with one attached hydrogen (secondary N) is 1. The molecule has 2 rings (SSSR count). The van der Waals surface area contributed by atoms with E-state index < -0.39 is 11.7 Å². The number of fused-ring (bicyclic) bond motifs is 1. The molecule has 1 aromatic rings. The number of benzene rings is 1. The maximum atomic E-state index is 11.5. The van der Waals surface area contributed by atoms with Crippen molar-refractivity contribution in [2.24, 2.45) is 5.73 Å². The minimum absolute atomic E-state index is 0.245. The smallest absolute Gasteiger partial charge is 0.296 e. The van der Waals surface area contributed by atoms with E-state index >= 15 is 0 Å². The van der Waals surface area contributed by atoms with Crippen LogP contribution in [0.5, 0.6) is 0 Å². The number of alkyl halides is 1. The predicted octanol–water partition coefficient (Wildman–Crippen LogP) is 2.67. The van der Waals surface area contributed by atoms with E-state index in [0.29, 0.717) is 17.7 Å². The summed E-state index contributed by atoms with van der Waals surface area (Å²) in [4.78, 5) is 32.2. The average Bonchev–Trinajstić information content (AvgIpc) is 2.78. The fourth-order valence-corrected chi connectivity index (χ4v) is 2.00. The Kier molecular flexibility index (Phi) is 9.28. The molecule has 1 aliphatic heterocycles. The van der Waals surface area contributed by atoms with Crippen molar-refractivity contribution in [3.8, 4) is 0 Å². The third-order valence-corrected chi connectivity index (χ3v) is 2.94. The van der Waals surface area contributed by atoms with Crippen molar-refractivity contribution in [1.82, 2.24) is 0 Å². The monoisotopic (exact) mass is 356 g/mol. The Morgan fingerprint density at radius 2 is 1.86 bits per heavy atom. The lowest BCUT2D eigenvalue weighted by Gasteiger charge is -2.02. The quantitative estimate of drug-likeness (QED) is 0.644. The lowest BCUT2D eigenvalue weighted by molar-refractivity contribution is -0.117. The summed E-state index contributed by atoms with van der Waals surface area (Å²) in [5.41, 5.74) is 6.75. The second-order valence-electron chi connectivity index (χ2n) is 3.88. The van der Waals surface area contributed by atoms with Gasteiger partial charge in [-0.2, -0.15) is 0 Å². The highest BCUT2D eigenvalue weighted by Gasteiger charge is 2.29. The fraction of sp³-hybridized carbons (Fsp3) is 0.400. The molecule has 2 amide bonds. The second kappa shape index (κ2) is 10.1. The zero-order chi connectivity index (χ0) is 16.4. The van der Waals surface area contributed by atoms with Gasteiger partial charge in [0, 0.05) is 11.8 Å². The number of aryl methyl sites for hydroxylation is 1. The summed E-state index contributed by atoms with van der Waals surface area (Å²) in [5.74, 6) is -1.19. The van der Waals surface area contributed by atoms with Crippen LogP contribution >= 0.6 is 15.9 Å². The number of amides is 2. The van der Waals surface area contributed by atoms with E-state index in [1.165, 1.54) is 0 Å². The van der Waals surface area contributed by atoms with Crippen molar-refractivity contribution in [2.75, 3.05) is 10.6 Å². The molecule has 0 aliphatic carbocycles. The normalized spacial score (nSPS) is 11.4. The highest BCUT2D eigenvalue weighted by Crippen LogP contribution is 2.26.